The van der Waals surface area contributed by atoms with Crippen LogP contribution in [0.2, 0.25) is 0 Å². The Morgan fingerprint density at radius 1 is 1.44 bits per heavy atom. The zero-order chi connectivity index (χ0) is 12.2. The normalized spacial score (nSPS) is 12.4. The molecule has 0 aliphatic heterocycles. The lowest BCUT2D eigenvalue weighted by Crippen LogP contribution is -2.21. The van der Waals surface area contributed by atoms with E-state index in [1.54, 1.807) is 12.1 Å². The van der Waals surface area contributed by atoms with E-state index in [-0.39, 0.29) is 5.71 Å². The summed E-state index contributed by atoms with van der Waals surface area (Å²) in [5.41, 5.74) is -0.464. The summed E-state index contributed by atoms with van der Waals surface area (Å²) in [6.07, 6.45) is 1.45. The predicted octanol–water partition coefficient (Wildman–Crippen LogP) is 1.97. The number of esters is 1. The van der Waals surface area contributed by atoms with Crippen molar-refractivity contribution in [2.75, 3.05) is 7.11 Å². The van der Waals surface area contributed by atoms with Gasteiger partial charge in [0.15, 0.2) is 5.76 Å². The zero-order valence-electron chi connectivity index (χ0n) is 9.81. The smallest absolute Gasteiger partial charge is 0.364 e. The molecule has 0 amide bonds. The van der Waals surface area contributed by atoms with Crippen LogP contribution in [-0.2, 0) is 14.4 Å². The highest BCUT2D eigenvalue weighted by Gasteiger charge is 2.20. The first-order valence-corrected chi connectivity index (χ1v) is 4.82. The van der Waals surface area contributed by atoms with Crippen molar-refractivity contribution in [1.82, 2.24) is 0 Å². The average molecular weight is 225 g/mol. The fourth-order valence-electron chi connectivity index (χ4n) is 0.875. The minimum atomic E-state index is -0.598. The fourth-order valence-corrected chi connectivity index (χ4v) is 0.875. The summed E-state index contributed by atoms with van der Waals surface area (Å²) in [6, 6.07) is 3.27. The van der Waals surface area contributed by atoms with Gasteiger partial charge in [0.05, 0.1) is 13.4 Å². The minimum absolute atomic E-state index is 0.0161. The van der Waals surface area contributed by atoms with Gasteiger partial charge in [-0.2, -0.15) is 0 Å². The molecule has 88 valence electrons. The Morgan fingerprint density at radius 2 is 2.12 bits per heavy atom. The largest absolute Gasteiger partial charge is 0.464 e. The van der Waals surface area contributed by atoms with E-state index in [0.717, 1.165) is 0 Å². The minimum Gasteiger partial charge on any atom is -0.464 e. The second-order valence-electron chi connectivity index (χ2n) is 4.11. The van der Waals surface area contributed by atoms with E-state index in [1.807, 2.05) is 20.8 Å². The molecule has 0 saturated heterocycles. The molecule has 0 atom stereocenters. The lowest BCUT2D eigenvalue weighted by atomic mass is 10.2. The highest BCUT2D eigenvalue weighted by molar-refractivity contribution is 6.42. The zero-order valence-corrected chi connectivity index (χ0v) is 9.81. The third kappa shape index (κ3) is 3.42. The number of carbonyl (C=O) groups excluding carboxylic acids is 1. The Morgan fingerprint density at radius 3 is 2.56 bits per heavy atom. The van der Waals surface area contributed by atoms with Crippen molar-refractivity contribution in [2.45, 2.75) is 26.4 Å². The van der Waals surface area contributed by atoms with Crippen LogP contribution in [-0.4, -0.2) is 24.4 Å². The first-order valence-electron chi connectivity index (χ1n) is 4.82. The van der Waals surface area contributed by atoms with Crippen molar-refractivity contribution in [3.05, 3.63) is 24.2 Å². The topological polar surface area (TPSA) is 61.0 Å². The van der Waals surface area contributed by atoms with E-state index in [1.165, 1.54) is 13.4 Å². The molecule has 0 saturated carbocycles. The summed E-state index contributed by atoms with van der Waals surface area (Å²) in [5.74, 6) is -0.282. The Bertz CT molecular complexity index is 373. The van der Waals surface area contributed by atoms with E-state index in [0.29, 0.717) is 5.76 Å². The number of hydrogen-bond donors (Lipinski definition) is 0. The molecular formula is C11H15NO4. The summed E-state index contributed by atoms with van der Waals surface area (Å²) in [4.78, 5) is 16.6. The van der Waals surface area contributed by atoms with Crippen LogP contribution < -0.4 is 0 Å². The van der Waals surface area contributed by atoms with Gasteiger partial charge in [-0.3, -0.25) is 0 Å². The third-order valence-corrected chi connectivity index (χ3v) is 1.54. The summed E-state index contributed by atoms with van der Waals surface area (Å²) in [6.45, 7) is 5.48. The number of nitrogens with zero attached hydrogens (tertiary/aromatic N) is 1. The monoisotopic (exact) mass is 225 g/mol. The maximum absolute atomic E-state index is 11.4. The Hall–Kier alpha value is -1.78. The van der Waals surface area contributed by atoms with Crippen LogP contribution >= 0.6 is 0 Å². The van der Waals surface area contributed by atoms with E-state index in [2.05, 4.69) is 9.89 Å². The summed E-state index contributed by atoms with van der Waals surface area (Å²) < 4.78 is 9.66. The van der Waals surface area contributed by atoms with Gasteiger partial charge >= 0.3 is 5.97 Å². The van der Waals surface area contributed by atoms with Crippen LogP contribution in [0.5, 0.6) is 0 Å². The fraction of sp³-hybridized carbons (Fsp3) is 0.455. The van der Waals surface area contributed by atoms with Gasteiger partial charge in [0.2, 0.25) is 5.71 Å². The van der Waals surface area contributed by atoms with Crippen LogP contribution in [0.25, 0.3) is 0 Å². The molecule has 0 N–H and O–H groups in total. The molecule has 1 rings (SSSR count). The Labute approximate surface area is 94.0 Å². The van der Waals surface area contributed by atoms with Crippen LogP contribution in [0, 0.1) is 0 Å². The molecule has 5 heteroatoms. The van der Waals surface area contributed by atoms with Crippen molar-refractivity contribution in [3.8, 4) is 0 Å². The van der Waals surface area contributed by atoms with E-state index in [4.69, 9.17) is 9.25 Å². The first-order chi connectivity index (χ1) is 7.44. The van der Waals surface area contributed by atoms with Crippen LogP contribution in [0.4, 0.5) is 0 Å². The lowest BCUT2D eigenvalue weighted by molar-refractivity contribution is -0.133. The Kier molecular flexibility index (Phi) is 3.71. The third-order valence-electron chi connectivity index (χ3n) is 1.54. The molecule has 1 heterocycles. The van der Waals surface area contributed by atoms with Gasteiger partial charge in [0.1, 0.15) is 5.60 Å². The highest BCUT2D eigenvalue weighted by atomic mass is 16.7. The number of hydrogen-bond acceptors (Lipinski definition) is 5. The van der Waals surface area contributed by atoms with Gasteiger partial charge in [0.25, 0.3) is 0 Å². The van der Waals surface area contributed by atoms with Crippen LogP contribution in [0.1, 0.15) is 26.5 Å². The van der Waals surface area contributed by atoms with Gasteiger partial charge in [-0.15, -0.1) is 0 Å². The molecule has 1 aromatic heterocycles. The predicted molar refractivity (Wildman–Crippen MR) is 58.1 cm³/mol. The lowest BCUT2D eigenvalue weighted by Gasteiger charge is -2.15. The molecule has 16 heavy (non-hydrogen) atoms. The second-order valence-corrected chi connectivity index (χ2v) is 4.11. The van der Waals surface area contributed by atoms with Gasteiger partial charge in [-0.1, -0.05) is 5.16 Å². The number of ether oxygens (including phenoxy) is 1. The van der Waals surface area contributed by atoms with Gasteiger partial charge < -0.3 is 14.0 Å². The summed E-state index contributed by atoms with van der Waals surface area (Å²) in [5, 5.41) is 3.76. The quantitative estimate of drug-likeness (QED) is 0.448. The maximum Gasteiger partial charge on any atom is 0.364 e. The molecule has 0 spiro atoms. The van der Waals surface area contributed by atoms with Crippen LogP contribution in [0.3, 0.4) is 0 Å². The summed E-state index contributed by atoms with van der Waals surface area (Å²) >= 11 is 0. The summed E-state index contributed by atoms with van der Waals surface area (Å²) in [7, 11) is 1.28. The molecule has 0 unspecified atom stereocenters. The van der Waals surface area contributed by atoms with Gasteiger partial charge in [-0.05, 0) is 32.9 Å². The van der Waals surface area contributed by atoms with Crippen molar-refractivity contribution in [1.29, 1.82) is 0 Å². The van der Waals surface area contributed by atoms with E-state index < -0.39 is 11.6 Å². The molecular weight excluding hydrogens is 210 g/mol. The number of furan rings is 1. The van der Waals surface area contributed by atoms with Crippen LogP contribution in [0.15, 0.2) is 28.0 Å². The molecule has 0 bridgehead atoms. The van der Waals surface area contributed by atoms with Crippen molar-refractivity contribution < 1.29 is 18.8 Å². The average Bonchev–Trinajstić information content (AvgIpc) is 2.69. The SMILES string of the molecule is COC(=O)C(=NOC(C)(C)C)c1ccco1. The first kappa shape index (κ1) is 12.3. The van der Waals surface area contributed by atoms with Gasteiger partial charge in [-0.25, -0.2) is 4.79 Å². The number of rotatable bonds is 3. The highest BCUT2D eigenvalue weighted by Crippen LogP contribution is 2.10. The Balaban J connectivity index is 2.93. The molecule has 0 fully saturated rings. The molecule has 1 aromatic rings. The standard InChI is InChI=1S/C11H15NO4/c1-11(2,3)16-12-9(10(13)14-4)8-6-5-7-15-8/h5-7H,1-4H3. The van der Waals surface area contributed by atoms with E-state index >= 15 is 0 Å². The molecule has 0 aliphatic rings. The van der Waals surface area contributed by atoms with Crippen molar-refractivity contribution in [3.63, 3.8) is 0 Å². The van der Waals surface area contributed by atoms with E-state index in [9.17, 15) is 4.79 Å². The molecule has 0 radical (unpaired) electrons. The van der Waals surface area contributed by atoms with Gasteiger partial charge in [0, 0.05) is 0 Å². The second kappa shape index (κ2) is 4.83. The number of oxime groups is 1. The molecule has 5 nitrogen and oxygen atoms in total. The van der Waals surface area contributed by atoms with Crippen molar-refractivity contribution in [2.24, 2.45) is 5.16 Å². The number of methoxy groups -OCH3 is 1. The van der Waals surface area contributed by atoms with Crippen molar-refractivity contribution >= 4 is 11.7 Å². The molecule has 0 aliphatic carbocycles. The molecule has 0 aromatic carbocycles. The number of carbonyl (C=O) groups is 1. The maximum atomic E-state index is 11.4.